The second kappa shape index (κ2) is 7.62. The second-order valence-corrected chi connectivity index (χ2v) is 6.75. The van der Waals surface area contributed by atoms with E-state index in [1.54, 1.807) is 0 Å². The molecular weight excluding hydrogens is 232 g/mol. The third-order valence-electron chi connectivity index (χ3n) is 3.68. The number of aryl methyl sites for hydroxylation is 1. The summed E-state index contributed by atoms with van der Waals surface area (Å²) < 4.78 is 0. The van der Waals surface area contributed by atoms with Crippen LogP contribution in [0.2, 0.25) is 0 Å². The number of rotatable bonds is 3. The average Bonchev–Trinajstić information content (AvgIpc) is 2.30. The summed E-state index contributed by atoms with van der Waals surface area (Å²) in [5, 5.41) is 0. The van der Waals surface area contributed by atoms with Crippen LogP contribution < -0.4 is 0 Å². The highest BCUT2D eigenvalue weighted by Crippen LogP contribution is 2.38. The van der Waals surface area contributed by atoms with Gasteiger partial charge >= 0.3 is 0 Å². The Balaban J connectivity index is 0.000000982. The Morgan fingerprint density at radius 3 is 1.63 bits per heavy atom. The van der Waals surface area contributed by atoms with Gasteiger partial charge in [0.25, 0.3) is 0 Å². The molecule has 0 bridgehead atoms. The average molecular weight is 264 g/mol. The van der Waals surface area contributed by atoms with Gasteiger partial charge in [0.15, 0.2) is 0 Å². The van der Waals surface area contributed by atoms with Crippen molar-refractivity contribution >= 4 is 0 Å². The molecule has 0 aliphatic rings. The van der Waals surface area contributed by atoms with Crippen molar-refractivity contribution in [2.75, 3.05) is 0 Å². The fourth-order valence-corrected chi connectivity index (χ4v) is 1.43. The van der Waals surface area contributed by atoms with Crippen LogP contribution in [-0.4, -0.2) is 9.97 Å². The number of nitrogens with zero attached hydrogens (tertiary/aromatic N) is 2. The minimum absolute atomic E-state index is 0.00224. The van der Waals surface area contributed by atoms with Gasteiger partial charge in [-0.1, -0.05) is 68.2 Å². The summed E-state index contributed by atoms with van der Waals surface area (Å²) in [6.45, 7) is 17.5. The van der Waals surface area contributed by atoms with Crippen LogP contribution in [0, 0.1) is 5.41 Å². The fourth-order valence-electron chi connectivity index (χ4n) is 1.43. The van der Waals surface area contributed by atoms with Gasteiger partial charge in [-0.05, 0) is 17.4 Å². The first-order chi connectivity index (χ1) is 8.70. The van der Waals surface area contributed by atoms with Crippen LogP contribution in [-0.2, 0) is 11.8 Å². The van der Waals surface area contributed by atoms with Crippen LogP contribution in [0.5, 0.6) is 0 Å². The zero-order valence-electron chi connectivity index (χ0n) is 14.2. The van der Waals surface area contributed by atoms with E-state index in [1.807, 2.05) is 12.4 Å². The molecule has 1 heterocycles. The van der Waals surface area contributed by atoms with Gasteiger partial charge in [-0.15, -0.1) is 0 Å². The number of hydrogen-bond acceptors (Lipinski definition) is 2. The molecule has 2 heteroatoms. The Kier molecular flexibility index (Phi) is 7.25. The zero-order valence-corrected chi connectivity index (χ0v) is 14.2. The molecule has 0 N–H and O–H groups in total. The summed E-state index contributed by atoms with van der Waals surface area (Å²) in [4.78, 5) is 9.05. The molecule has 19 heavy (non-hydrogen) atoms. The quantitative estimate of drug-likeness (QED) is 0.752. The molecule has 110 valence electrons. The SMILES string of the molecule is CCC.CCCc1cnc(C(C)(C)C(C)(C)C)nc1. The smallest absolute Gasteiger partial charge is 0.134 e. The lowest BCUT2D eigenvalue weighted by Crippen LogP contribution is -2.35. The standard InChI is InChI=1S/C14H24N2.C3H8/c1-7-8-11-9-15-12(16-10-11)14(5,6)13(2,3)4;1-3-2/h9-10H,7-8H2,1-6H3;3H2,1-2H3. The molecule has 0 fully saturated rings. The normalized spacial score (nSPS) is 11.8. The number of aromatic nitrogens is 2. The Bertz CT molecular complexity index is 345. The lowest BCUT2D eigenvalue weighted by molar-refractivity contribution is 0.213. The largest absolute Gasteiger partial charge is 0.240 e. The van der Waals surface area contributed by atoms with E-state index in [0.29, 0.717) is 0 Å². The Labute approximate surface area is 120 Å². The van der Waals surface area contributed by atoms with E-state index in [-0.39, 0.29) is 10.8 Å². The van der Waals surface area contributed by atoms with Gasteiger partial charge in [-0.2, -0.15) is 0 Å². The van der Waals surface area contributed by atoms with Crippen LogP contribution in [0.15, 0.2) is 12.4 Å². The second-order valence-electron chi connectivity index (χ2n) is 6.75. The lowest BCUT2D eigenvalue weighted by Gasteiger charge is -2.37. The van der Waals surface area contributed by atoms with Gasteiger partial charge < -0.3 is 0 Å². The van der Waals surface area contributed by atoms with E-state index < -0.39 is 0 Å². The molecular formula is C17H32N2. The molecule has 1 aromatic rings. The van der Waals surface area contributed by atoms with Gasteiger partial charge in [0.2, 0.25) is 0 Å². The molecule has 2 nitrogen and oxygen atoms in total. The first kappa shape index (κ1) is 18.1. The topological polar surface area (TPSA) is 25.8 Å². The van der Waals surface area contributed by atoms with Crippen molar-refractivity contribution in [2.24, 2.45) is 5.41 Å². The predicted molar refractivity (Wildman–Crippen MR) is 84.5 cm³/mol. The van der Waals surface area contributed by atoms with E-state index in [2.05, 4.69) is 65.4 Å². The Morgan fingerprint density at radius 1 is 0.895 bits per heavy atom. The molecule has 0 aliphatic carbocycles. The van der Waals surface area contributed by atoms with Gasteiger partial charge in [0.1, 0.15) is 5.82 Å². The van der Waals surface area contributed by atoms with Gasteiger partial charge in [0, 0.05) is 17.8 Å². The Morgan fingerprint density at radius 2 is 1.32 bits per heavy atom. The first-order valence-electron chi connectivity index (χ1n) is 7.52. The zero-order chi connectivity index (χ0) is 15.1. The molecule has 0 spiro atoms. The van der Waals surface area contributed by atoms with Crippen LogP contribution in [0.4, 0.5) is 0 Å². The molecule has 0 amide bonds. The highest BCUT2D eigenvalue weighted by molar-refractivity contribution is 5.13. The van der Waals surface area contributed by atoms with Crippen LogP contribution in [0.3, 0.4) is 0 Å². The van der Waals surface area contributed by atoms with Crippen molar-refractivity contribution in [1.82, 2.24) is 9.97 Å². The van der Waals surface area contributed by atoms with Crippen LogP contribution in [0.1, 0.15) is 79.6 Å². The van der Waals surface area contributed by atoms with Crippen molar-refractivity contribution in [2.45, 2.75) is 80.1 Å². The molecule has 0 radical (unpaired) electrons. The maximum Gasteiger partial charge on any atom is 0.134 e. The van der Waals surface area contributed by atoms with E-state index in [4.69, 9.17) is 0 Å². The summed E-state index contributed by atoms with van der Waals surface area (Å²) in [7, 11) is 0. The highest BCUT2D eigenvalue weighted by Gasteiger charge is 2.36. The molecule has 0 aliphatic heterocycles. The summed E-state index contributed by atoms with van der Waals surface area (Å²) >= 11 is 0. The van der Waals surface area contributed by atoms with Crippen molar-refractivity contribution in [3.63, 3.8) is 0 Å². The van der Waals surface area contributed by atoms with Crippen molar-refractivity contribution in [3.8, 4) is 0 Å². The van der Waals surface area contributed by atoms with E-state index in [1.165, 1.54) is 12.0 Å². The predicted octanol–water partition coefficient (Wildman–Crippen LogP) is 5.17. The summed E-state index contributed by atoms with van der Waals surface area (Å²) in [5.41, 5.74) is 1.40. The first-order valence-corrected chi connectivity index (χ1v) is 7.52. The van der Waals surface area contributed by atoms with Gasteiger partial charge in [-0.3, -0.25) is 0 Å². The molecule has 0 atom stereocenters. The van der Waals surface area contributed by atoms with E-state index >= 15 is 0 Å². The van der Waals surface area contributed by atoms with Crippen LogP contribution >= 0.6 is 0 Å². The molecule has 0 aromatic carbocycles. The summed E-state index contributed by atoms with van der Waals surface area (Å²) in [6.07, 6.45) is 7.40. The third-order valence-corrected chi connectivity index (χ3v) is 3.68. The van der Waals surface area contributed by atoms with Crippen molar-refractivity contribution < 1.29 is 0 Å². The van der Waals surface area contributed by atoms with E-state index in [9.17, 15) is 0 Å². The lowest BCUT2D eigenvalue weighted by atomic mass is 9.69. The molecule has 1 aromatic heterocycles. The Hall–Kier alpha value is -0.920. The molecule has 1 rings (SSSR count). The maximum absolute atomic E-state index is 4.52. The third kappa shape index (κ3) is 5.30. The molecule has 0 unspecified atom stereocenters. The van der Waals surface area contributed by atoms with E-state index in [0.717, 1.165) is 18.7 Å². The van der Waals surface area contributed by atoms with Crippen molar-refractivity contribution in [1.29, 1.82) is 0 Å². The van der Waals surface area contributed by atoms with Crippen LogP contribution in [0.25, 0.3) is 0 Å². The molecule has 0 saturated carbocycles. The number of hydrogen-bond donors (Lipinski definition) is 0. The minimum atomic E-state index is -0.00224. The van der Waals surface area contributed by atoms with Crippen molar-refractivity contribution in [3.05, 3.63) is 23.8 Å². The molecule has 0 saturated heterocycles. The summed E-state index contributed by atoms with van der Waals surface area (Å²) in [6, 6.07) is 0. The van der Waals surface area contributed by atoms with Gasteiger partial charge in [0.05, 0.1) is 0 Å². The fraction of sp³-hybridized carbons (Fsp3) is 0.765. The van der Waals surface area contributed by atoms with Gasteiger partial charge in [-0.25, -0.2) is 9.97 Å². The maximum atomic E-state index is 4.52. The minimum Gasteiger partial charge on any atom is -0.240 e. The monoisotopic (exact) mass is 264 g/mol. The summed E-state index contributed by atoms with van der Waals surface area (Å²) in [5.74, 6) is 0.944. The highest BCUT2D eigenvalue weighted by atomic mass is 14.9.